The van der Waals surface area contributed by atoms with E-state index in [1.807, 2.05) is 22.8 Å². The molecule has 1 aliphatic rings. The number of fused-ring (bicyclic) bond motifs is 1. The zero-order chi connectivity index (χ0) is 14.1. The first-order valence-corrected chi connectivity index (χ1v) is 6.87. The number of nitrogens with zero attached hydrogens (tertiary/aromatic N) is 5. The van der Waals surface area contributed by atoms with Crippen LogP contribution in [0.2, 0.25) is 0 Å². The van der Waals surface area contributed by atoms with Crippen LogP contribution in [0.25, 0.3) is 0 Å². The predicted molar refractivity (Wildman–Crippen MR) is 77.7 cm³/mol. The second-order valence-corrected chi connectivity index (χ2v) is 5.42. The van der Waals surface area contributed by atoms with Crippen molar-refractivity contribution in [2.24, 2.45) is 10.9 Å². The van der Waals surface area contributed by atoms with Crippen molar-refractivity contribution in [1.29, 1.82) is 0 Å². The number of amidine groups is 1. The molecule has 2 aromatic rings. The van der Waals surface area contributed by atoms with Crippen LogP contribution in [-0.2, 0) is 13.1 Å². The van der Waals surface area contributed by atoms with E-state index in [-0.39, 0.29) is 5.84 Å². The minimum atomic E-state index is 0.0911. The second kappa shape index (κ2) is 5.12. The van der Waals surface area contributed by atoms with Crippen molar-refractivity contribution in [3.8, 4) is 0 Å². The fourth-order valence-corrected chi connectivity index (χ4v) is 2.68. The largest absolute Gasteiger partial charge is 0.409 e. The third-order valence-electron chi connectivity index (χ3n) is 3.32. The molecule has 0 unspecified atom stereocenters. The molecule has 8 heteroatoms. The zero-order valence-electron chi connectivity index (χ0n) is 10.6. The number of hydrogen-bond donors (Lipinski definition) is 2. The highest BCUT2D eigenvalue weighted by Gasteiger charge is 2.21. The Morgan fingerprint density at radius 3 is 3.05 bits per heavy atom. The van der Waals surface area contributed by atoms with Crippen molar-refractivity contribution in [2.75, 3.05) is 11.4 Å². The van der Waals surface area contributed by atoms with E-state index in [1.165, 1.54) is 0 Å². The Bertz CT molecular complexity index is 668. The second-order valence-electron chi connectivity index (χ2n) is 4.51. The van der Waals surface area contributed by atoms with Crippen LogP contribution in [0.4, 0.5) is 5.69 Å². The number of halogens is 1. The summed E-state index contributed by atoms with van der Waals surface area (Å²) in [5.41, 5.74) is 7.37. The highest BCUT2D eigenvalue weighted by Crippen LogP contribution is 2.27. The first-order chi connectivity index (χ1) is 9.69. The summed E-state index contributed by atoms with van der Waals surface area (Å²) in [7, 11) is 0. The fourth-order valence-electron chi connectivity index (χ4n) is 2.32. The third kappa shape index (κ3) is 2.22. The monoisotopic (exact) mass is 336 g/mol. The molecule has 0 bridgehead atoms. The Morgan fingerprint density at radius 2 is 2.25 bits per heavy atom. The van der Waals surface area contributed by atoms with Crippen LogP contribution in [0.1, 0.15) is 11.4 Å². The van der Waals surface area contributed by atoms with Crippen molar-refractivity contribution >= 4 is 27.5 Å². The highest BCUT2D eigenvalue weighted by molar-refractivity contribution is 9.10. The standard InChI is InChI=1S/C12H13BrN6O/c13-8-1-2-10(9(5-8)12(14)17-20)18-3-4-19-7-15-16-11(19)6-18/h1-2,5,7,20H,3-4,6H2,(H2,14,17). The lowest BCUT2D eigenvalue weighted by molar-refractivity contribution is 0.318. The zero-order valence-corrected chi connectivity index (χ0v) is 12.2. The molecule has 0 spiro atoms. The van der Waals surface area contributed by atoms with Crippen molar-refractivity contribution in [2.45, 2.75) is 13.1 Å². The van der Waals surface area contributed by atoms with Gasteiger partial charge in [-0.05, 0) is 18.2 Å². The van der Waals surface area contributed by atoms with Crippen LogP contribution in [0.15, 0.2) is 34.2 Å². The van der Waals surface area contributed by atoms with Gasteiger partial charge in [0, 0.05) is 28.8 Å². The molecule has 7 nitrogen and oxygen atoms in total. The molecular weight excluding hydrogens is 324 g/mol. The highest BCUT2D eigenvalue weighted by atomic mass is 79.9. The normalized spacial score (nSPS) is 15.2. The van der Waals surface area contributed by atoms with Gasteiger partial charge in [0.05, 0.1) is 6.54 Å². The number of aromatic nitrogens is 3. The molecule has 0 fully saturated rings. The molecule has 1 aliphatic heterocycles. The van der Waals surface area contributed by atoms with Crippen LogP contribution in [0.3, 0.4) is 0 Å². The molecule has 0 aliphatic carbocycles. The van der Waals surface area contributed by atoms with Crippen LogP contribution < -0.4 is 10.6 Å². The van der Waals surface area contributed by atoms with Crippen LogP contribution >= 0.6 is 15.9 Å². The van der Waals surface area contributed by atoms with Gasteiger partial charge >= 0.3 is 0 Å². The number of hydrogen-bond acceptors (Lipinski definition) is 5. The first-order valence-electron chi connectivity index (χ1n) is 6.08. The topological polar surface area (TPSA) is 92.6 Å². The van der Waals surface area contributed by atoms with Crippen LogP contribution in [0, 0.1) is 0 Å². The Labute approximate surface area is 123 Å². The van der Waals surface area contributed by atoms with Gasteiger partial charge in [-0.15, -0.1) is 10.2 Å². The van der Waals surface area contributed by atoms with Crippen LogP contribution in [0.5, 0.6) is 0 Å². The quantitative estimate of drug-likeness (QED) is 0.371. The number of rotatable bonds is 2. The molecule has 0 radical (unpaired) electrons. The average molecular weight is 337 g/mol. The Morgan fingerprint density at radius 1 is 1.40 bits per heavy atom. The SMILES string of the molecule is N/C(=N/O)c1cc(Br)ccc1N1CCn2cnnc2C1. The maximum Gasteiger partial charge on any atom is 0.172 e. The summed E-state index contributed by atoms with van der Waals surface area (Å²) in [6.07, 6.45) is 1.73. The summed E-state index contributed by atoms with van der Waals surface area (Å²) in [5, 5.41) is 20.0. The molecule has 104 valence electrons. The molecule has 0 atom stereocenters. The molecule has 0 saturated heterocycles. The molecule has 0 saturated carbocycles. The number of benzene rings is 1. The molecule has 3 rings (SSSR count). The summed E-state index contributed by atoms with van der Waals surface area (Å²) in [4.78, 5) is 2.14. The fraction of sp³-hybridized carbons (Fsp3) is 0.250. The molecule has 0 amide bonds. The van der Waals surface area contributed by atoms with E-state index in [1.54, 1.807) is 6.33 Å². The summed E-state index contributed by atoms with van der Waals surface area (Å²) in [5.74, 6) is 0.998. The van der Waals surface area contributed by atoms with Gasteiger partial charge < -0.3 is 20.4 Å². The minimum absolute atomic E-state index is 0.0911. The van der Waals surface area contributed by atoms with Crippen molar-refractivity contribution in [3.63, 3.8) is 0 Å². The number of anilines is 1. The van der Waals surface area contributed by atoms with E-state index in [4.69, 9.17) is 10.9 Å². The van der Waals surface area contributed by atoms with Gasteiger partial charge in [0.25, 0.3) is 0 Å². The average Bonchev–Trinajstić information content (AvgIpc) is 2.93. The molecule has 2 heterocycles. The van der Waals surface area contributed by atoms with Gasteiger partial charge in [0.1, 0.15) is 6.33 Å². The van der Waals surface area contributed by atoms with E-state index < -0.39 is 0 Å². The van der Waals surface area contributed by atoms with E-state index >= 15 is 0 Å². The summed E-state index contributed by atoms with van der Waals surface area (Å²) in [6, 6.07) is 5.72. The van der Waals surface area contributed by atoms with Crippen LogP contribution in [-0.4, -0.2) is 32.4 Å². The maximum absolute atomic E-state index is 8.93. The van der Waals surface area contributed by atoms with Gasteiger partial charge in [-0.3, -0.25) is 0 Å². The molecular formula is C12H13BrN6O. The van der Waals surface area contributed by atoms with E-state index in [9.17, 15) is 0 Å². The Balaban J connectivity index is 1.99. The lowest BCUT2D eigenvalue weighted by Gasteiger charge is -2.30. The van der Waals surface area contributed by atoms with E-state index in [0.29, 0.717) is 12.1 Å². The number of oxime groups is 1. The summed E-state index contributed by atoms with van der Waals surface area (Å²) >= 11 is 3.40. The van der Waals surface area contributed by atoms with Crippen molar-refractivity contribution in [1.82, 2.24) is 14.8 Å². The van der Waals surface area contributed by atoms with Gasteiger partial charge in [0.15, 0.2) is 11.7 Å². The minimum Gasteiger partial charge on any atom is -0.409 e. The summed E-state index contributed by atoms with van der Waals surface area (Å²) < 4.78 is 2.90. The van der Waals surface area contributed by atoms with E-state index in [0.717, 1.165) is 29.1 Å². The Kier molecular flexibility index (Phi) is 3.31. The molecule has 3 N–H and O–H groups in total. The number of nitrogens with two attached hydrogens (primary N) is 1. The van der Waals surface area contributed by atoms with Gasteiger partial charge in [0.2, 0.25) is 0 Å². The van der Waals surface area contributed by atoms with Gasteiger partial charge in [-0.1, -0.05) is 21.1 Å². The smallest absolute Gasteiger partial charge is 0.172 e. The molecule has 20 heavy (non-hydrogen) atoms. The van der Waals surface area contributed by atoms with E-state index in [2.05, 4.69) is 36.2 Å². The van der Waals surface area contributed by atoms with Crippen molar-refractivity contribution < 1.29 is 5.21 Å². The van der Waals surface area contributed by atoms with Gasteiger partial charge in [-0.25, -0.2) is 0 Å². The summed E-state index contributed by atoms with van der Waals surface area (Å²) in [6.45, 7) is 2.28. The maximum atomic E-state index is 8.93. The third-order valence-corrected chi connectivity index (χ3v) is 3.82. The lowest BCUT2D eigenvalue weighted by atomic mass is 10.1. The molecule has 1 aromatic heterocycles. The molecule has 1 aromatic carbocycles. The van der Waals surface area contributed by atoms with Crippen molar-refractivity contribution in [3.05, 3.63) is 40.4 Å². The predicted octanol–water partition coefficient (Wildman–Crippen LogP) is 1.16. The first kappa shape index (κ1) is 12.9. The Hall–Kier alpha value is -2.09. The lowest BCUT2D eigenvalue weighted by Crippen LogP contribution is -2.35. The van der Waals surface area contributed by atoms with Gasteiger partial charge in [-0.2, -0.15) is 0 Å².